The first-order valence-corrected chi connectivity index (χ1v) is 10.4. The lowest BCUT2D eigenvalue weighted by molar-refractivity contribution is -0.118. The molecule has 0 spiro atoms. The van der Waals surface area contributed by atoms with E-state index in [1.165, 1.54) is 23.4 Å². The Balaban J connectivity index is 2.01. The molecule has 1 amide bonds. The van der Waals surface area contributed by atoms with E-state index >= 15 is 0 Å². The molecule has 0 aliphatic rings. The number of ether oxygens (including phenoxy) is 1. The van der Waals surface area contributed by atoms with Gasteiger partial charge in [0.2, 0.25) is 10.0 Å². The van der Waals surface area contributed by atoms with Crippen LogP contribution in [0.2, 0.25) is 0 Å². The van der Waals surface area contributed by atoms with Crippen molar-refractivity contribution in [3.8, 4) is 5.75 Å². The maximum atomic E-state index is 12.6. The highest BCUT2D eigenvalue weighted by Crippen LogP contribution is 2.19. The number of hydrogen-bond donors (Lipinski definition) is 1. The van der Waals surface area contributed by atoms with Gasteiger partial charge in [0.05, 0.1) is 4.90 Å². The number of sulfonamides is 1. The largest absolute Gasteiger partial charge is 0.484 e. The molecular weight excluding hydrogens is 380 g/mol. The van der Waals surface area contributed by atoms with E-state index in [9.17, 15) is 18.0 Å². The van der Waals surface area contributed by atoms with Gasteiger partial charge < -0.3 is 10.1 Å². The van der Waals surface area contributed by atoms with Crippen molar-refractivity contribution in [2.45, 2.75) is 25.7 Å². The molecule has 2 rings (SSSR count). The second-order valence-electron chi connectivity index (χ2n) is 6.03. The van der Waals surface area contributed by atoms with Crippen LogP contribution in [0.25, 0.3) is 0 Å². The van der Waals surface area contributed by atoms with Crippen LogP contribution in [0, 0.1) is 0 Å². The quantitative estimate of drug-likeness (QED) is 0.649. The lowest BCUT2D eigenvalue weighted by Gasteiger charge is -2.18. The number of benzene rings is 2. The molecule has 0 aromatic heterocycles. The van der Waals surface area contributed by atoms with Crippen molar-refractivity contribution in [2.75, 3.05) is 25.0 Å². The Kier molecular flexibility index (Phi) is 7.31. The summed E-state index contributed by atoms with van der Waals surface area (Å²) in [7, 11) is -3.60. The van der Waals surface area contributed by atoms with E-state index in [-0.39, 0.29) is 17.3 Å². The molecule has 0 radical (unpaired) electrons. The summed E-state index contributed by atoms with van der Waals surface area (Å²) in [6.07, 6.45) is 0. The van der Waals surface area contributed by atoms with E-state index < -0.39 is 15.9 Å². The van der Waals surface area contributed by atoms with Gasteiger partial charge in [-0.05, 0) is 49.4 Å². The van der Waals surface area contributed by atoms with Crippen LogP contribution >= 0.6 is 0 Å². The summed E-state index contributed by atoms with van der Waals surface area (Å²) in [5.74, 6) is -0.0186. The average Bonchev–Trinajstić information content (AvgIpc) is 2.67. The number of hydrogen-bond acceptors (Lipinski definition) is 5. The second-order valence-corrected chi connectivity index (χ2v) is 7.97. The molecule has 0 bridgehead atoms. The molecule has 0 saturated carbocycles. The smallest absolute Gasteiger partial charge is 0.262 e. The van der Waals surface area contributed by atoms with Gasteiger partial charge in [0.1, 0.15) is 5.75 Å². The van der Waals surface area contributed by atoms with E-state index in [4.69, 9.17) is 4.74 Å². The topological polar surface area (TPSA) is 92.8 Å². The molecule has 28 heavy (non-hydrogen) atoms. The molecule has 7 nitrogen and oxygen atoms in total. The summed E-state index contributed by atoms with van der Waals surface area (Å²) in [6, 6.07) is 12.6. The zero-order valence-electron chi connectivity index (χ0n) is 16.1. The Morgan fingerprint density at radius 1 is 1.04 bits per heavy atom. The summed E-state index contributed by atoms with van der Waals surface area (Å²) < 4.78 is 31.9. The van der Waals surface area contributed by atoms with Gasteiger partial charge >= 0.3 is 0 Å². The zero-order valence-corrected chi connectivity index (χ0v) is 17.0. The fourth-order valence-electron chi connectivity index (χ4n) is 2.58. The van der Waals surface area contributed by atoms with E-state index in [0.717, 1.165) is 0 Å². The van der Waals surface area contributed by atoms with Gasteiger partial charge in [0.15, 0.2) is 12.4 Å². The van der Waals surface area contributed by atoms with Gasteiger partial charge in [0, 0.05) is 24.3 Å². The molecule has 1 N–H and O–H groups in total. The number of carbonyl (C=O) groups excluding carboxylic acids is 2. The first-order chi connectivity index (χ1) is 13.3. The predicted molar refractivity (Wildman–Crippen MR) is 107 cm³/mol. The molecule has 0 aliphatic heterocycles. The molecule has 0 aliphatic carbocycles. The van der Waals surface area contributed by atoms with Crippen molar-refractivity contribution >= 4 is 27.4 Å². The third-order valence-corrected chi connectivity index (χ3v) is 6.14. The predicted octanol–water partition coefficient (Wildman–Crippen LogP) is 2.94. The number of ketones is 1. The normalized spacial score (nSPS) is 11.3. The van der Waals surface area contributed by atoms with Gasteiger partial charge in [-0.15, -0.1) is 0 Å². The van der Waals surface area contributed by atoms with Crippen LogP contribution < -0.4 is 10.1 Å². The Bertz CT molecular complexity index is 935. The molecule has 0 fully saturated rings. The molecule has 0 atom stereocenters. The van der Waals surface area contributed by atoms with Gasteiger partial charge in [-0.2, -0.15) is 4.31 Å². The maximum Gasteiger partial charge on any atom is 0.262 e. The minimum atomic E-state index is -3.60. The van der Waals surface area contributed by atoms with Gasteiger partial charge in [-0.3, -0.25) is 9.59 Å². The van der Waals surface area contributed by atoms with E-state index in [0.29, 0.717) is 30.1 Å². The first kappa shape index (κ1) is 21.6. The number of amides is 1. The van der Waals surface area contributed by atoms with Crippen LogP contribution in [0.3, 0.4) is 0 Å². The summed E-state index contributed by atoms with van der Waals surface area (Å²) in [5, 5.41) is 2.63. The van der Waals surface area contributed by atoms with E-state index in [2.05, 4.69) is 5.32 Å². The minimum absolute atomic E-state index is 0.0520. The summed E-state index contributed by atoms with van der Waals surface area (Å²) in [5.41, 5.74) is 0.928. The monoisotopic (exact) mass is 404 g/mol. The van der Waals surface area contributed by atoms with Crippen LogP contribution in [-0.4, -0.2) is 44.1 Å². The number of rotatable bonds is 9. The summed E-state index contributed by atoms with van der Waals surface area (Å²) >= 11 is 0. The first-order valence-electron chi connectivity index (χ1n) is 8.91. The van der Waals surface area contributed by atoms with Crippen molar-refractivity contribution in [2.24, 2.45) is 0 Å². The average molecular weight is 404 g/mol. The van der Waals surface area contributed by atoms with Gasteiger partial charge in [-0.25, -0.2) is 8.42 Å². The van der Waals surface area contributed by atoms with Gasteiger partial charge in [0.25, 0.3) is 5.91 Å². The Labute approximate surface area is 165 Å². The van der Waals surface area contributed by atoms with E-state index in [1.807, 2.05) is 0 Å². The van der Waals surface area contributed by atoms with Crippen molar-refractivity contribution in [3.63, 3.8) is 0 Å². The number of nitrogens with one attached hydrogen (secondary N) is 1. The van der Waals surface area contributed by atoms with Crippen LogP contribution in [-0.2, 0) is 14.8 Å². The Morgan fingerprint density at radius 2 is 1.68 bits per heavy atom. The fraction of sp³-hybridized carbons (Fsp3) is 0.300. The number of nitrogens with zero attached hydrogens (tertiary/aromatic N) is 1. The molecule has 0 saturated heterocycles. The highest BCUT2D eigenvalue weighted by Gasteiger charge is 2.21. The third kappa shape index (κ3) is 5.40. The number of carbonyl (C=O) groups is 2. The molecular formula is C20H24N2O5S. The Morgan fingerprint density at radius 3 is 2.25 bits per heavy atom. The lowest BCUT2D eigenvalue weighted by Crippen LogP contribution is -2.30. The van der Waals surface area contributed by atoms with Crippen LogP contribution in [0.5, 0.6) is 5.75 Å². The third-order valence-electron chi connectivity index (χ3n) is 4.09. The summed E-state index contributed by atoms with van der Waals surface area (Å²) in [4.78, 5) is 23.5. The molecule has 2 aromatic rings. The van der Waals surface area contributed by atoms with Crippen molar-refractivity contribution in [1.29, 1.82) is 0 Å². The highest BCUT2D eigenvalue weighted by molar-refractivity contribution is 7.89. The fourth-order valence-corrected chi connectivity index (χ4v) is 4.08. The van der Waals surface area contributed by atoms with Crippen LogP contribution in [0.4, 0.5) is 5.69 Å². The molecule has 2 aromatic carbocycles. The number of Topliss-reactive ketones (excluding diaryl/α,β-unsaturated/α-hetero) is 1. The molecule has 150 valence electrons. The molecule has 0 heterocycles. The molecule has 0 unspecified atom stereocenters. The highest BCUT2D eigenvalue weighted by atomic mass is 32.2. The molecule has 8 heteroatoms. The number of anilines is 1. The standard InChI is InChI=1S/C20H24N2O5S/c1-4-22(5-2)28(25,26)19-8-6-7-17(13-19)21-20(24)14-27-18-11-9-16(10-12-18)15(3)23/h6-13H,4-5,14H2,1-3H3,(H,21,24). The Hall–Kier alpha value is -2.71. The lowest BCUT2D eigenvalue weighted by atomic mass is 10.1. The summed E-state index contributed by atoms with van der Waals surface area (Å²) in [6.45, 7) is 5.50. The van der Waals surface area contributed by atoms with Crippen molar-refractivity contribution < 1.29 is 22.7 Å². The van der Waals surface area contributed by atoms with Crippen molar-refractivity contribution in [3.05, 3.63) is 54.1 Å². The zero-order chi connectivity index (χ0) is 20.7. The second kappa shape index (κ2) is 9.48. The maximum absolute atomic E-state index is 12.6. The SMILES string of the molecule is CCN(CC)S(=O)(=O)c1cccc(NC(=O)COc2ccc(C(C)=O)cc2)c1. The van der Waals surface area contributed by atoms with E-state index in [1.54, 1.807) is 50.2 Å². The van der Waals surface area contributed by atoms with Crippen LogP contribution in [0.15, 0.2) is 53.4 Å². The van der Waals surface area contributed by atoms with Crippen molar-refractivity contribution in [1.82, 2.24) is 4.31 Å². The van der Waals surface area contributed by atoms with Gasteiger partial charge in [-0.1, -0.05) is 19.9 Å². The van der Waals surface area contributed by atoms with Crippen LogP contribution in [0.1, 0.15) is 31.1 Å². The minimum Gasteiger partial charge on any atom is -0.484 e.